The van der Waals surface area contributed by atoms with Crippen LogP contribution < -0.4 is 0 Å². The zero-order valence-electron chi connectivity index (χ0n) is 9.48. The quantitative estimate of drug-likeness (QED) is 0.729. The standard InChI is InChI=1S/C11H17NO4/c1-9(10-7-14-8-15-10)11(13)16-12-5-3-2-4-6-12/h7,9H,2-6,8H2,1H3. The van der Waals surface area contributed by atoms with Gasteiger partial charge in [-0.1, -0.05) is 6.42 Å². The normalized spacial score (nSPS) is 22.9. The number of hydrogen-bond donors (Lipinski definition) is 0. The van der Waals surface area contributed by atoms with Crippen molar-refractivity contribution in [3.8, 4) is 0 Å². The van der Waals surface area contributed by atoms with Gasteiger partial charge in [-0.05, 0) is 19.8 Å². The van der Waals surface area contributed by atoms with Gasteiger partial charge < -0.3 is 14.3 Å². The van der Waals surface area contributed by atoms with E-state index in [0.29, 0.717) is 5.76 Å². The van der Waals surface area contributed by atoms with Crippen LogP contribution in [0.25, 0.3) is 0 Å². The van der Waals surface area contributed by atoms with Crippen molar-refractivity contribution in [3.63, 3.8) is 0 Å². The molecule has 2 rings (SSSR count). The van der Waals surface area contributed by atoms with E-state index in [4.69, 9.17) is 14.3 Å². The van der Waals surface area contributed by atoms with Crippen molar-refractivity contribution in [2.75, 3.05) is 19.9 Å². The molecule has 0 saturated carbocycles. The molecular formula is C11H17NO4. The smallest absolute Gasteiger partial charge is 0.335 e. The van der Waals surface area contributed by atoms with E-state index in [0.717, 1.165) is 25.9 Å². The Morgan fingerprint density at radius 1 is 1.44 bits per heavy atom. The summed E-state index contributed by atoms with van der Waals surface area (Å²) in [5.41, 5.74) is 0. The van der Waals surface area contributed by atoms with Gasteiger partial charge in [0.15, 0.2) is 0 Å². The average molecular weight is 227 g/mol. The molecule has 1 unspecified atom stereocenters. The highest BCUT2D eigenvalue weighted by atomic mass is 16.7. The third kappa shape index (κ3) is 2.66. The van der Waals surface area contributed by atoms with Crippen molar-refractivity contribution in [2.24, 2.45) is 5.92 Å². The summed E-state index contributed by atoms with van der Waals surface area (Å²) in [4.78, 5) is 17.0. The van der Waals surface area contributed by atoms with Crippen LogP contribution in [0, 0.1) is 5.92 Å². The number of carbonyl (C=O) groups excluding carboxylic acids is 1. The molecule has 2 heterocycles. The first-order chi connectivity index (χ1) is 7.77. The molecule has 0 spiro atoms. The van der Waals surface area contributed by atoms with Crippen molar-refractivity contribution in [1.82, 2.24) is 5.06 Å². The zero-order valence-corrected chi connectivity index (χ0v) is 9.48. The fraction of sp³-hybridized carbons (Fsp3) is 0.727. The molecule has 1 saturated heterocycles. The van der Waals surface area contributed by atoms with Crippen LogP contribution in [0.2, 0.25) is 0 Å². The first-order valence-electron chi connectivity index (χ1n) is 5.68. The Kier molecular flexibility index (Phi) is 3.66. The molecule has 0 aliphatic carbocycles. The fourth-order valence-electron chi connectivity index (χ4n) is 1.76. The first-order valence-corrected chi connectivity index (χ1v) is 5.68. The summed E-state index contributed by atoms with van der Waals surface area (Å²) in [7, 11) is 0. The zero-order chi connectivity index (χ0) is 11.4. The second-order valence-corrected chi connectivity index (χ2v) is 4.07. The van der Waals surface area contributed by atoms with Gasteiger partial charge in [-0.15, -0.1) is 5.06 Å². The number of piperidine rings is 1. The Labute approximate surface area is 94.9 Å². The highest BCUT2D eigenvalue weighted by Crippen LogP contribution is 2.19. The topological polar surface area (TPSA) is 48.0 Å². The fourth-order valence-corrected chi connectivity index (χ4v) is 1.76. The third-order valence-electron chi connectivity index (χ3n) is 2.81. The molecule has 16 heavy (non-hydrogen) atoms. The minimum Gasteiger partial charge on any atom is -0.462 e. The summed E-state index contributed by atoms with van der Waals surface area (Å²) in [5.74, 6) is -0.134. The third-order valence-corrected chi connectivity index (χ3v) is 2.81. The van der Waals surface area contributed by atoms with Crippen LogP contribution in [0.1, 0.15) is 26.2 Å². The molecule has 0 radical (unpaired) electrons. The molecule has 0 aromatic heterocycles. The van der Waals surface area contributed by atoms with E-state index in [1.807, 2.05) is 0 Å². The summed E-state index contributed by atoms with van der Waals surface area (Å²) in [6, 6.07) is 0. The monoisotopic (exact) mass is 227 g/mol. The Bertz CT molecular complexity index is 284. The number of hydrogen-bond acceptors (Lipinski definition) is 5. The van der Waals surface area contributed by atoms with E-state index in [1.165, 1.54) is 12.7 Å². The lowest BCUT2D eigenvalue weighted by atomic mass is 10.1. The van der Waals surface area contributed by atoms with Crippen LogP contribution in [0.3, 0.4) is 0 Å². The molecular weight excluding hydrogens is 210 g/mol. The van der Waals surface area contributed by atoms with Crippen LogP contribution in [0.15, 0.2) is 12.0 Å². The SMILES string of the molecule is CC(C(=O)ON1CCCCC1)C1=COCO1. The second kappa shape index (κ2) is 5.21. The summed E-state index contributed by atoms with van der Waals surface area (Å²) in [6.07, 6.45) is 4.86. The maximum Gasteiger partial charge on any atom is 0.335 e. The number of nitrogens with zero attached hydrogens (tertiary/aromatic N) is 1. The molecule has 0 bridgehead atoms. The molecule has 90 valence electrons. The molecule has 0 aromatic rings. The van der Waals surface area contributed by atoms with Gasteiger partial charge in [0, 0.05) is 13.1 Å². The Balaban J connectivity index is 1.82. The summed E-state index contributed by atoms with van der Waals surface area (Å²) in [5, 5.41) is 1.73. The molecule has 5 nitrogen and oxygen atoms in total. The second-order valence-electron chi connectivity index (χ2n) is 4.07. The largest absolute Gasteiger partial charge is 0.462 e. The molecule has 2 aliphatic heterocycles. The van der Waals surface area contributed by atoms with E-state index >= 15 is 0 Å². The molecule has 2 aliphatic rings. The summed E-state index contributed by atoms with van der Waals surface area (Å²) >= 11 is 0. The number of hydroxylamine groups is 2. The molecule has 0 amide bonds. The summed E-state index contributed by atoms with van der Waals surface area (Å²) < 4.78 is 10.1. The van der Waals surface area contributed by atoms with Gasteiger partial charge in [-0.25, -0.2) is 4.79 Å². The number of ether oxygens (including phenoxy) is 2. The van der Waals surface area contributed by atoms with E-state index < -0.39 is 5.92 Å². The molecule has 0 aromatic carbocycles. The van der Waals surface area contributed by atoms with Gasteiger partial charge in [-0.2, -0.15) is 0 Å². The van der Waals surface area contributed by atoms with E-state index in [1.54, 1.807) is 12.0 Å². The van der Waals surface area contributed by atoms with Crippen molar-refractivity contribution in [1.29, 1.82) is 0 Å². The van der Waals surface area contributed by atoms with Crippen LogP contribution >= 0.6 is 0 Å². The van der Waals surface area contributed by atoms with Gasteiger partial charge in [-0.3, -0.25) is 0 Å². The van der Waals surface area contributed by atoms with Gasteiger partial charge in [0.25, 0.3) is 0 Å². The van der Waals surface area contributed by atoms with Gasteiger partial charge in [0.05, 0.1) is 0 Å². The highest BCUT2D eigenvalue weighted by Gasteiger charge is 2.26. The van der Waals surface area contributed by atoms with Crippen molar-refractivity contribution in [3.05, 3.63) is 12.0 Å². The van der Waals surface area contributed by atoms with E-state index in [9.17, 15) is 4.79 Å². The molecule has 1 fully saturated rings. The highest BCUT2D eigenvalue weighted by molar-refractivity contribution is 5.74. The minimum atomic E-state index is -0.399. The van der Waals surface area contributed by atoms with E-state index in [-0.39, 0.29) is 12.8 Å². The molecule has 1 atom stereocenters. The average Bonchev–Trinajstić information content (AvgIpc) is 2.83. The van der Waals surface area contributed by atoms with Crippen molar-refractivity contribution < 1.29 is 19.1 Å². The van der Waals surface area contributed by atoms with Crippen LogP contribution in [0.5, 0.6) is 0 Å². The lowest BCUT2D eigenvalue weighted by molar-refractivity contribution is -0.198. The van der Waals surface area contributed by atoms with Gasteiger partial charge in [0.1, 0.15) is 17.9 Å². The maximum atomic E-state index is 11.8. The minimum absolute atomic E-state index is 0.191. The molecule has 5 heteroatoms. The number of carbonyl (C=O) groups is 1. The number of rotatable bonds is 3. The predicted molar refractivity (Wildman–Crippen MR) is 55.8 cm³/mol. The van der Waals surface area contributed by atoms with Gasteiger partial charge >= 0.3 is 5.97 Å². The Morgan fingerprint density at radius 3 is 2.81 bits per heavy atom. The lowest BCUT2D eigenvalue weighted by Gasteiger charge is -2.25. The maximum absolute atomic E-state index is 11.8. The predicted octanol–water partition coefficient (Wildman–Crippen LogP) is 1.41. The Hall–Kier alpha value is -1.23. The van der Waals surface area contributed by atoms with Gasteiger partial charge in [0.2, 0.25) is 6.79 Å². The first kappa shape index (κ1) is 11.3. The van der Waals surface area contributed by atoms with Crippen molar-refractivity contribution >= 4 is 5.97 Å². The lowest BCUT2D eigenvalue weighted by Crippen LogP contribution is -2.34. The summed E-state index contributed by atoms with van der Waals surface area (Å²) in [6.45, 7) is 3.60. The van der Waals surface area contributed by atoms with Crippen LogP contribution in [-0.2, 0) is 19.1 Å². The molecule has 0 N–H and O–H groups in total. The van der Waals surface area contributed by atoms with Crippen molar-refractivity contribution in [2.45, 2.75) is 26.2 Å². The van der Waals surface area contributed by atoms with Crippen LogP contribution in [-0.4, -0.2) is 30.9 Å². The van der Waals surface area contributed by atoms with Crippen LogP contribution in [0.4, 0.5) is 0 Å². The van der Waals surface area contributed by atoms with E-state index in [2.05, 4.69) is 0 Å². The Morgan fingerprint density at radius 2 is 2.19 bits per heavy atom.